The second-order valence-electron chi connectivity index (χ2n) is 2.41. The maximum Gasteiger partial charge on any atom is 0.321 e. The summed E-state index contributed by atoms with van der Waals surface area (Å²) in [5.74, 6) is 0.401. The Morgan fingerprint density at radius 3 is 3.07 bits per heavy atom. The number of aliphatic hydroxyl groups is 1. The molecule has 0 atom stereocenters. The van der Waals surface area contributed by atoms with Crippen LogP contribution in [0.4, 0.5) is 16.6 Å². The van der Waals surface area contributed by atoms with Gasteiger partial charge in [-0.25, -0.2) is 9.78 Å². The van der Waals surface area contributed by atoms with Crippen molar-refractivity contribution in [2.75, 3.05) is 24.2 Å². The van der Waals surface area contributed by atoms with Gasteiger partial charge in [0.25, 0.3) is 0 Å². The molecule has 0 aromatic carbocycles. The van der Waals surface area contributed by atoms with Crippen LogP contribution in [-0.2, 0) is 0 Å². The highest BCUT2D eigenvalue weighted by Crippen LogP contribution is 2.00. The molecule has 0 aliphatic heterocycles. The van der Waals surface area contributed by atoms with E-state index in [1.165, 1.54) is 12.3 Å². The van der Waals surface area contributed by atoms with E-state index in [4.69, 9.17) is 10.8 Å². The van der Waals surface area contributed by atoms with Gasteiger partial charge in [-0.3, -0.25) is 5.32 Å². The Morgan fingerprint density at radius 1 is 1.64 bits per heavy atom. The second kappa shape index (κ2) is 4.97. The fraction of sp³-hybridized carbons (Fsp3) is 0.286. The first-order valence-corrected chi connectivity index (χ1v) is 3.96. The lowest BCUT2D eigenvalue weighted by Crippen LogP contribution is -2.31. The standard InChI is InChI=1S/C7H11N5O2/c8-5-1-2-9-6(11-5)12-7(14)10-3-4-13/h1-2,13H,3-4H2,(H4,8,9,10,11,12,14). The number of hydrogen-bond acceptors (Lipinski definition) is 5. The van der Waals surface area contributed by atoms with Crippen molar-refractivity contribution in [3.05, 3.63) is 12.3 Å². The molecule has 0 unspecified atom stereocenters. The summed E-state index contributed by atoms with van der Waals surface area (Å²) in [7, 11) is 0. The molecule has 2 amide bonds. The topological polar surface area (TPSA) is 113 Å². The van der Waals surface area contributed by atoms with Crippen molar-refractivity contribution in [2.24, 2.45) is 0 Å². The Labute approximate surface area is 80.4 Å². The van der Waals surface area contributed by atoms with Gasteiger partial charge in [0.15, 0.2) is 0 Å². The highest BCUT2D eigenvalue weighted by atomic mass is 16.3. The monoisotopic (exact) mass is 197 g/mol. The molecule has 1 heterocycles. The zero-order valence-electron chi connectivity index (χ0n) is 7.40. The van der Waals surface area contributed by atoms with Crippen LogP contribution in [-0.4, -0.2) is 34.3 Å². The summed E-state index contributed by atoms with van der Waals surface area (Å²) < 4.78 is 0. The maximum absolute atomic E-state index is 11.0. The number of aromatic nitrogens is 2. The van der Waals surface area contributed by atoms with E-state index in [9.17, 15) is 4.79 Å². The smallest absolute Gasteiger partial charge is 0.321 e. The summed E-state index contributed by atoms with van der Waals surface area (Å²) >= 11 is 0. The van der Waals surface area contributed by atoms with Crippen molar-refractivity contribution < 1.29 is 9.90 Å². The normalized spacial score (nSPS) is 9.50. The van der Waals surface area contributed by atoms with Crippen LogP contribution in [0.3, 0.4) is 0 Å². The molecule has 5 N–H and O–H groups in total. The Morgan fingerprint density at radius 2 is 2.43 bits per heavy atom. The minimum atomic E-state index is -0.482. The molecule has 1 aromatic heterocycles. The average molecular weight is 197 g/mol. The molecule has 0 fully saturated rings. The lowest BCUT2D eigenvalue weighted by Gasteiger charge is -2.04. The van der Waals surface area contributed by atoms with Gasteiger partial charge in [-0.1, -0.05) is 0 Å². The van der Waals surface area contributed by atoms with Gasteiger partial charge in [-0.15, -0.1) is 0 Å². The molecule has 7 heteroatoms. The summed E-state index contributed by atoms with van der Waals surface area (Å²) in [4.78, 5) is 18.5. The van der Waals surface area contributed by atoms with Crippen LogP contribution in [0.5, 0.6) is 0 Å². The van der Waals surface area contributed by atoms with Crippen LogP contribution in [0.1, 0.15) is 0 Å². The van der Waals surface area contributed by atoms with E-state index in [-0.39, 0.29) is 24.9 Å². The number of carbonyl (C=O) groups excluding carboxylic acids is 1. The molecule has 0 bridgehead atoms. The zero-order valence-corrected chi connectivity index (χ0v) is 7.40. The fourth-order valence-corrected chi connectivity index (χ4v) is 0.748. The van der Waals surface area contributed by atoms with Crippen LogP contribution < -0.4 is 16.4 Å². The Balaban J connectivity index is 2.47. The van der Waals surface area contributed by atoms with E-state index in [1.54, 1.807) is 0 Å². The van der Waals surface area contributed by atoms with Crippen molar-refractivity contribution in [3.63, 3.8) is 0 Å². The molecule has 0 radical (unpaired) electrons. The molecule has 1 aromatic rings. The average Bonchev–Trinajstić information content (AvgIpc) is 2.15. The third kappa shape index (κ3) is 3.23. The number of anilines is 2. The molecule has 0 spiro atoms. The van der Waals surface area contributed by atoms with Gasteiger partial charge in [0.2, 0.25) is 5.95 Å². The third-order valence-electron chi connectivity index (χ3n) is 1.30. The van der Waals surface area contributed by atoms with E-state index < -0.39 is 6.03 Å². The number of nitrogens with one attached hydrogen (secondary N) is 2. The maximum atomic E-state index is 11.0. The summed E-state index contributed by atoms with van der Waals surface area (Å²) in [6, 6.07) is 1.03. The van der Waals surface area contributed by atoms with Gasteiger partial charge in [-0.05, 0) is 6.07 Å². The minimum Gasteiger partial charge on any atom is -0.395 e. The van der Waals surface area contributed by atoms with E-state index in [0.29, 0.717) is 0 Å². The molecule has 0 saturated heterocycles. The van der Waals surface area contributed by atoms with Crippen LogP contribution in [0.25, 0.3) is 0 Å². The zero-order chi connectivity index (χ0) is 10.4. The quantitative estimate of drug-likeness (QED) is 0.505. The van der Waals surface area contributed by atoms with Gasteiger partial charge in [-0.2, -0.15) is 4.98 Å². The van der Waals surface area contributed by atoms with E-state index in [2.05, 4.69) is 20.6 Å². The summed E-state index contributed by atoms with van der Waals surface area (Å²) in [6.07, 6.45) is 1.43. The molecule has 7 nitrogen and oxygen atoms in total. The van der Waals surface area contributed by atoms with E-state index in [1.807, 2.05) is 0 Å². The number of aliphatic hydroxyl groups excluding tert-OH is 1. The highest BCUT2D eigenvalue weighted by molar-refractivity contribution is 5.87. The second-order valence-corrected chi connectivity index (χ2v) is 2.41. The third-order valence-corrected chi connectivity index (χ3v) is 1.30. The number of carbonyl (C=O) groups is 1. The predicted octanol–water partition coefficient (Wildman–Crippen LogP) is -0.827. The number of rotatable bonds is 3. The van der Waals surface area contributed by atoms with Crippen molar-refractivity contribution >= 4 is 17.8 Å². The van der Waals surface area contributed by atoms with Crippen LogP contribution >= 0.6 is 0 Å². The van der Waals surface area contributed by atoms with Crippen LogP contribution in [0.2, 0.25) is 0 Å². The van der Waals surface area contributed by atoms with E-state index in [0.717, 1.165) is 0 Å². The molecule has 76 valence electrons. The number of nitrogen functional groups attached to an aromatic ring is 1. The van der Waals surface area contributed by atoms with Crippen molar-refractivity contribution in [1.29, 1.82) is 0 Å². The van der Waals surface area contributed by atoms with Crippen molar-refractivity contribution in [3.8, 4) is 0 Å². The fourth-order valence-electron chi connectivity index (χ4n) is 0.748. The van der Waals surface area contributed by atoms with Gasteiger partial charge >= 0.3 is 6.03 Å². The Hall–Kier alpha value is -1.89. The molecule has 0 aliphatic rings. The van der Waals surface area contributed by atoms with Crippen LogP contribution in [0.15, 0.2) is 12.3 Å². The van der Waals surface area contributed by atoms with Gasteiger partial charge in [0.1, 0.15) is 5.82 Å². The molecular formula is C7H11N5O2. The summed E-state index contributed by atoms with van der Waals surface area (Å²) in [5, 5.41) is 13.2. The number of amides is 2. The van der Waals surface area contributed by atoms with Crippen molar-refractivity contribution in [2.45, 2.75) is 0 Å². The largest absolute Gasteiger partial charge is 0.395 e. The molecule has 0 aliphatic carbocycles. The first kappa shape index (κ1) is 10.2. The highest BCUT2D eigenvalue weighted by Gasteiger charge is 2.02. The molecule has 14 heavy (non-hydrogen) atoms. The predicted molar refractivity (Wildman–Crippen MR) is 50.6 cm³/mol. The lowest BCUT2D eigenvalue weighted by atomic mass is 10.6. The van der Waals surface area contributed by atoms with Gasteiger partial charge < -0.3 is 16.2 Å². The number of nitrogens with two attached hydrogens (primary N) is 1. The van der Waals surface area contributed by atoms with Crippen molar-refractivity contribution in [1.82, 2.24) is 15.3 Å². The number of hydrogen-bond donors (Lipinski definition) is 4. The Bertz CT molecular complexity index is 317. The molecular weight excluding hydrogens is 186 g/mol. The number of urea groups is 1. The summed E-state index contributed by atoms with van der Waals surface area (Å²) in [6.45, 7) is 0.0549. The molecule has 1 rings (SSSR count). The minimum absolute atomic E-state index is 0.120. The Kier molecular flexibility index (Phi) is 3.62. The molecule has 0 saturated carbocycles. The van der Waals surface area contributed by atoms with Gasteiger partial charge in [0.05, 0.1) is 6.61 Å². The SMILES string of the molecule is Nc1ccnc(NC(=O)NCCO)n1. The van der Waals surface area contributed by atoms with Gasteiger partial charge in [0, 0.05) is 12.7 Å². The summed E-state index contributed by atoms with van der Waals surface area (Å²) in [5.41, 5.74) is 5.37. The van der Waals surface area contributed by atoms with E-state index >= 15 is 0 Å². The lowest BCUT2D eigenvalue weighted by molar-refractivity contribution is 0.244. The van der Waals surface area contributed by atoms with Crippen LogP contribution in [0, 0.1) is 0 Å². The number of nitrogens with zero attached hydrogens (tertiary/aromatic N) is 2. The first-order valence-electron chi connectivity index (χ1n) is 3.96. The first-order chi connectivity index (χ1) is 6.72.